The Morgan fingerprint density at radius 2 is 1.86 bits per heavy atom. The molecule has 0 radical (unpaired) electrons. The zero-order valence-corrected chi connectivity index (χ0v) is 16.8. The third-order valence-electron chi connectivity index (χ3n) is 4.91. The molecule has 1 aliphatic rings. The standard InChI is InChI=1S/C21H25ClN4O2/c1-3-21(28)26-13(2)10-18(17-11-14(22)4-9-19(17)26)24-15-5-7-16(8-6-15)25-20(27)12-23/h4-9,11,13,18,24H,3,10,12,23H2,1-2H3,(H,25,27)/t13-,18+/m0/s1. The molecule has 0 bridgehead atoms. The van der Waals surface area contributed by atoms with Gasteiger partial charge >= 0.3 is 0 Å². The summed E-state index contributed by atoms with van der Waals surface area (Å²) in [5.74, 6) is -0.124. The van der Waals surface area contributed by atoms with Gasteiger partial charge in [-0.05, 0) is 61.4 Å². The third kappa shape index (κ3) is 4.29. The summed E-state index contributed by atoms with van der Waals surface area (Å²) >= 11 is 6.24. The van der Waals surface area contributed by atoms with E-state index in [2.05, 4.69) is 17.6 Å². The summed E-state index contributed by atoms with van der Waals surface area (Å²) in [6.45, 7) is 3.88. The van der Waals surface area contributed by atoms with Gasteiger partial charge in [-0.15, -0.1) is 0 Å². The molecule has 1 heterocycles. The molecule has 4 N–H and O–H groups in total. The van der Waals surface area contributed by atoms with Crippen molar-refractivity contribution in [3.05, 3.63) is 53.1 Å². The number of fused-ring (bicyclic) bond motifs is 1. The molecule has 2 aromatic rings. The Balaban J connectivity index is 1.85. The first-order valence-electron chi connectivity index (χ1n) is 9.41. The van der Waals surface area contributed by atoms with E-state index in [9.17, 15) is 9.59 Å². The van der Waals surface area contributed by atoms with Crippen molar-refractivity contribution in [3.8, 4) is 0 Å². The first kappa shape index (κ1) is 20.2. The van der Waals surface area contributed by atoms with Gasteiger partial charge in [0.05, 0.1) is 12.6 Å². The second-order valence-corrected chi connectivity index (χ2v) is 7.37. The quantitative estimate of drug-likeness (QED) is 0.709. The average molecular weight is 401 g/mol. The van der Waals surface area contributed by atoms with E-state index in [1.807, 2.05) is 54.3 Å². The van der Waals surface area contributed by atoms with Gasteiger partial charge < -0.3 is 21.3 Å². The summed E-state index contributed by atoms with van der Waals surface area (Å²) in [5, 5.41) is 6.90. The highest BCUT2D eigenvalue weighted by atomic mass is 35.5. The van der Waals surface area contributed by atoms with Crippen molar-refractivity contribution in [1.82, 2.24) is 0 Å². The molecule has 148 valence electrons. The molecule has 0 spiro atoms. The minimum atomic E-state index is -0.230. The summed E-state index contributed by atoms with van der Waals surface area (Å²) in [6, 6.07) is 13.2. The van der Waals surface area contributed by atoms with Gasteiger partial charge in [-0.3, -0.25) is 9.59 Å². The number of nitrogens with two attached hydrogens (primary N) is 1. The SMILES string of the molecule is CCC(=O)N1c2ccc(Cl)cc2[C@H](Nc2ccc(NC(=O)CN)cc2)C[C@@H]1C. The fourth-order valence-electron chi connectivity index (χ4n) is 3.58. The number of hydrogen-bond acceptors (Lipinski definition) is 4. The van der Waals surface area contributed by atoms with Gasteiger partial charge in [0.2, 0.25) is 11.8 Å². The number of anilines is 3. The second kappa shape index (κ2) is 8.63. The van der Waals surface area contributed by atoms with Crippen LogP contribution in [0.4, 0.5) is 17.1 Å². The van der Waals surface area contributed by atoms with Crippen molar-refractivity contribution in [3.63, 3.8) is 0 Å². The van der Waals surface area contributed by atoms with Crippen molar-refractivity contribution in [2.75, 3.05) is 22.1 Å². The minimum Gasteiger partial charge on any atom is -0.378 e. The van der Waals surface area contributed by atoms with E-state index in [0.717, 1.165) is 23.4 Å². The molecule has 0 fully saturated rings. The fourth-order valence-corrected chi connectivity index (χ4v) is 3.77. The Labute approximate surface area is 170 Å². The summed E-state index contributed by atoms with van der Waals surface area (Å²) in [7, 11) is 0. The van der Waals surface area contributed by atoms with Gasteiger partial charge in [0, 0.05) is 34.5 Å². The molecule has 0 aromatic heterocycles. The van der Waals surface area contributed by atoms with Crippen LogP contribution in [0.2, 0.25) is 5.02 Å². The van der Waals surface area contributed by atoms with E-state index < -0.39 is 0 Å². The average Bonchev–Trinajstić information content (AvgIpc) is 2.69. The first-order chi connectivity index (χ1) is 13.4. The zero-order chi connectivity index (χ0) is 20.3. The lowest BCUT2D eigenvalue weighted by atomic mass is 9.91. The maximum atomic E-state index is 12.5. The largest absolute Gasteiger partial charge is 0.378 e. The number of rotatable bonds is 5. The lowest BCUT2D eigenvalue weighted by Crippen LogP contribution is -2.44. The highest BCUT2D eigenvalue weighted by molar-refractivity contribution is 6.30. The van der Waals surface area contributed by atoms with Crippen LogP contribution in [-0.4, -0.2) is 24.4 Å². The van der Waals surface area contributed by atoms with Crippen LogP contribution in [0.3, 0.4) is 0 Å². The van der Waals surface area contributed by atoms with Gasteiger partial charge in [0.1, 0.15) is 0 Å². The number of hydrogen-bond donors (Lipinski definition) is 3. The molecule has 6 nitrogen and oxygen atoms in total. The Morgan fingerprint density at radius 3 is 2.50 bits per heavy atom. The molecule has 0 saturated carbocycles. The van der Waals surface area contributed by atoms with Crippen LogP contribution in [0.1, 0.15) is 38.3 Å². The zero-order valence-electron chi connectivity index (χ0n) is 16.0. The Morgan fingerprint density at radius 1 is 1.18 bits per heavy atom. The number of nitrogens with zero attached hydrogens (tertiary/aromatic N) is 1. The number of benzene rings is 2. The number of carbonyl (C=O) groups is 2. The second-order valence-electron chi connectivity index (χ2n) is 6.93. The van der Waals surface area contributed by atoms with E-state index in [-0.39, 0.29) is 30.4 Å². The van der Waals surface area contributed by atoms with Crippen molar-refractivity contribution in [2.24, 2.45) is 5.73 Å². The van der Waals surface area contributed by atoms with Crippen LogP contribution in [0.15, 0.2) is 42.5 Å². The summed E-state index contributed by atoms with van der Waals surface area (Å²) in [4.78, 5) is 25.7. The van der Waals surface area contributed by atoms with Crippen LogP contribution < -0.4 is 21.3 Å². The van der Waals surface area contributed by atoms with Crippen molar-refractivity contribution in [1.29, 1.82) is 0 Å². The molecule has 1 aliphatic heterocycles. The lowest BCUT2D eigenvalue weighted by Gasteiger charge is -2.40. The number of carbonyl (C=O) groups excluding carboxylic acids is 2. The predicted octanol–water partition coefficient (Wildman–Crippen LogP) is 3.93. The molecule has 2 amide bonds. The molecule has 2 aromatic carbocycles. The maximum Gasteiger partial charge on any atom is 0.238 e. The van der Waals surface area contributed by atoms with E-state index in [1.165, 1.54) is 0 Å². The Kier molecular flexibility index (Phi) is 6.21. The predicted molar refractivity (Wildman–Crippen MR) is 114 cm³/mol. The Hall–Kier alpha value is -2.57. The third-order valence-corrected chi connectivity index (χ3v) is 5.14. The molecule has 2 atom stereocenters. The molecule has 0 unspecified atom stereocenters. The molecule has 3 rings (SSSR count). The maximum absolute atomic E-state index is 12.5. The smallest absolute Gasteiger partial charge is 0.238 e. The molecular weight excluding hydrogens is 376 g/mol. The molecule has 0 saturated heterocycles. The number of amides is 2. The van der Waals surface area contributed by atoms with Crippen LogP contribution >= 0.6 is 11.6 Å². The molecule has 7 heteroatoms. The van der Waals surface area contributed by atoms with E-state index >= 15 is 0 Å². The monoisotopic (exact) mass is 400 g/mol. The fraction of sp³-hybridized carbons (Fsp3) is 0.333. The van der Waals surface area contributed by atoms with E-state index in [0.29, 0.717) is 17.1 Å². The molecule has 28 heavy (non-hydrogen) atoms. The van der Waals surface area contributed by atoms with Gasteiger partial charge in [0.15, 0.2) is 0 Å². The topological polar surface area (TPSA) is 87.5 Å². The number of halogens is 1. The Bertz CT molecular complexity index is 869. The van der Waals surface area contributed by atoms with Crippen molar-refractivity contribution < 1.29 is 9.59 Å². The van der Waals surface area contributed by atoms with Crippen molar-refractivity contribution in [2.45, 2.75) is 38.8 Å². The number of nitrogens with one attached hydrogen (secondary N) is 2. The van der Waals surface area contributed by atoms with Crippen LogP contribution in [0, 0.1) is 0 Å². The molecule has 0 aliphatic carbocycles. The van der Waals surface area contributed by atoms with Gasteiger partial charge in [-0.1, -0.05) is 18.5 Å². The van der Waals surface area contributed by atoms with Crippen molar-refractivity contribution >= 4 is 40.5 Å². The van der Waals surface area contributed by atoms with E-state index in [1.54, 1.807) is 0 Å². The van der Waals surface area contributed by atoms with Gasteiger partial charge in [0.25, 0.3) is 0 Å². The highest BCUT2D eigenvalue weighted by Crippen LogP contribution is 2.40. The van der Waals surface area contributed by atoms with Crippen LogP contribution in [0.25, 0.3) is 0 Å². The lowest BCUT2D eigenvalue weighted by molar-refractivity contribution is -0.119. The van der Waals surface area contributed by atoms with Gasteiger partial charge in [-0.25, -0.2) is 0 Å². The summed E-state index contributed by atoms with van der Waals surface area (Å²) in [6.07, 6.45) is 1.23. The molecular formula is C21H25ClN4O2. The normalized spacial score (nSPS) is 18.4. The van der Waals surface area contributed by atoms with Crippen LogP contribution in [0.5, 0.6) is 0 Å². The first-order valence-corrected chi connectivity index (χ1v) is 9.78. The van der Waals surface area contributed by atoms with E-state index in [4.69, 9.17) is 17.3 Å². The highest BCUT2D eigenvalue weighted by Gasteiger charge is 2.33. The minimum absolute atomic E-state index is 0.0223. The van der Waals surface area contributed by atoms with Crippen LogP contribution in [-0.2, 0) is 9.59 Å². The summed E-state index contributed by atoms with van der Waals surface area (Å²) < 4.78 is 0. The summed E-state index contributed by atoms with van der Waals surface area (Å²) in [5.41, 5.74) is 8.85. The van der Waals surface area contributed by atoms with Gasteiger partial charge in [-0.2, -0.15) is 0 Å².